The Bertz CT molecular complexity index is 979. The summed E-state index contributed by atoms with van der Waals surface area (Å²) in [6, 6.07) is 12.3. The number of nitriles is 1. The quantitative estimate of drug-likeness (QED) is 0.425. The van der Waals surface area contributed by atoms with Crippen molar-refractivity contribution >= 4 is 23.3 Å². The summed E-state index contributed by atoms with van der Waals surface area (Å²) in [6.07, 6.45) is -3.74. The number of benzene rings is 2. The van der Waals surface area contributed by atoms with Gasteiger partial charge in [-0.2, -0.15) is 18.4 Å². The van der Waals surface area contributed by atoms with Crippen molar-refractivity contribution in [2.45, 2.75) is 13.1 Å². The second-order valence-electron chi connectivity index (χ2n) is 5.58. The highest BCUT2D eigenvalue weighted by molar-refractivity contribution is 6.09. The van der Waals surface area contributed by atoms with Crippen LogP contribution in [0.2, 0.25) is 0 Å². The number of alkyl halides is 3. The van der Waals surface area contributed by atoms with Crippen molar-refractivity contribution < 1.29 is 27.5 Å². The molecule has 0 fully saturated rings. The van der Waals surface area contributed by atoms with Gasteiger partial charge in [0.1, 0.15) is 11.6 Å². The normalized spacial score (nSPS) is 11.3. The minimum atomic E-state index is -4.61. The van der Waals surface area contributed by atoms with E-state index in [1.54, 1.807) is 25.1 Å². The number of ether oxygens (including phenoxy) is 1. The molecule has 0 aliphatic heterocycles. The molecule has 0 bridgehead atoms. The van der Waals surface area contributed by atoms with Crippen LogP contribution in [0.3, 0.4) is 0 Å². The Hall–Kier alpha value is -3.80. The third kappa shape index (κ3) is 5.59. The molecular weight excluding hydrogens is 387 g/mol. The Morgan fingerprint density at radius 3 is 2.34 bits per heavy atom. The topological polar surface area (TPSA) is 91.2 Å². The van der Waals surface area contributed by atoms with Crippen LogP contribution in [0.1, 0.15) is 22.8 Å². The molecule has 0 atom stereocenters. The fourth-order valence-electron chi connectivity index (χ4n) is 2.32. The van der Waals surface area contributed by atoms with E-state index in [-0.39, 0.29) is 23.5 Å². The van der Waals surface area contributed by atoms with Crippen molar-refractivity contribution in [1.29, 1.82) is 5.26 Å². The molecule has 0 saturated heterocycles. The summed E-state index contributed by atoms with van der Waals surface area (Å²) in [6.45, 7) is 1.76. The maximum absolute atomic E-state index is 13.0. The fraction of sp³-hybridized carbons (Fsp3) is 0.150. The van der Waals surface area contributed by atoms with Crippen molar-refractivity contribution in [2.24, 2.45) is 0 Å². The number of rotatable bonds is 6. The molecule has 6 nitrogen and oxygen atoms in total. The van der Waals surface area contributed by atoms with Crippen molar-refractivity contribution in [3.05, 3.63) is 71.4 Å². The maximum atomic E-state index is 13.0. The minimum Gasteiger partial charge on any atom is -0.462 e. The first-order valence-corrected chi connectivity index (χ1v) is 8.38. The molecule has 0 saturated carbocycles. The number of carbonyl (C=O) groups excluding carboxylic acids is 2. The smallest absolute Gasteiger partial charge is 0.418 e. The molecule has 0 radical (unpaired) electrons. The third-order valence-electron chi connectivity index (χ3n) is 3.64. The van der Waals surface area contributed by atoms with E-state index in [9.17, 15) is 28.0 Å². The van der Waals surface area contributed by atoms with Gasteiger partial charge in [-0.05, 0) is 31.2 Å². The van der Waals surface area contributed by atoms with Gasteiger partial charge in [0.05, 0.1) is 29.1 Å². The van der Waals surface area contributed by atoms with Crippen LogP contribution < -0.4 is 10.6 Å². The predicted octanol–water partition coefficient (Wildman–Crippen LogP) is 4.34. The molecule has 0 aliphatic rings. The number of nitrogens with one attached hydrogen (secondary N) is 2. The fourth-order valence-corrected chi connectivity index (χ4v) is 2.32. The summed E-state index contributed by atoms with van der Waals surface area (Å²) in [5, 5.41) is 13.9. The SMILES string of the molecule is CCOC(=O)c1ccccc1NC(=O)/C(C#N)=C\Nc1ccccc1C(F)(F)F. The van der Waals surface area contributed by atoms with Gasteiger partial charge in [0, 0.05) is 6.20 Å². The highest BCUT2D eigenvalue weighted by atomic mass is 19.4. The van der Waals surface area contributed by atoms with E-state index in [0.29, 0.717) is 0 Å². The Balaban J connectivity index is 2.24. The molecular formula is C20H16F3N3O3. The van der Waals surface area contributed by atoms with E-state index in [4.69, 9.17) is 4.74 Å². The average Bonchev–Trinajstić information content (AvgIpc) is 2.68. The summed E-state index contributed by atoms with van der Waals surface area (Å²) < 4.78 is 44.0. The number of carbonyl (C=O) groups is 2. The maximum Gasteiger partial charge on any atom is 0.418 e. The van der Waals surface area contributed by atoms with Crippen LogP contribution in [0.4, 0.5) is 24.5 Å². The average molecular weight is 403 g/mol. The van der Waals surface area contributed by atoms with Crippen molar-refractivity contribution in [1.82, 2.24) is 0 Å². The molecule has 0 aromatic heterocycles. The molecule has 2 N–H and O–H groups in total. The molecule has 2 aromatic rings. The lowest BCUT2D eigenvalue weighted by molar-refractivity contribution is -0.136. The van der Waals surface area contributed by atoms with Crippen LogP contribution in [-0.4, -0.2) is 18.5 Å². The lowest BCUT2D eigenvalue weighted by Crippen LogP contribution is -2.18. The van der Waals surface area contributed by atoms with Crippen molar-refractivity contribution in [3.63, 3.8) is 0 Å². The van der Waals surface area contributed by atoms with Crippen LogP contribution in [-0.2, 0) is 15.7 Å². The lowest BCUT2D eigenvalue weighted by Gasteiger charge is -2.13. The molecule has 150 valence electrons. The first-order valence-electron chi connectivity index (χ1n) is 8.38. The minimum absolute atomic E-state index is 0.0790. The van der Waals surface area contributed by atoms with E-state index in [0.717, 1.165) is 12.3 Å². The first kappa shape index (κ1) is 21.5. The van der Waals surface area contributed by atoms with Gasteiger partial charge in [-0.1, -0.05) is 24.3 Å². The summed E-state index contributed by atoms with van der Waals surface area (Å²) in [5.41, 5.74) is -1.56. The van der Waals surface area contributed by atoms with Crippen LogP contribution >= 0.6 is 0 Å². The summed E-state index contributed by atoms with van der Waals surface area (Å²) >= 11 is 0. The number of halogens is 3. The van der Waals surface area contributed by atoms with Gasteiger partial charge in [0.2, 0.25) is 0 Å². The molecule has 1 amide bonds. The van der Waals surface area contributed by atoms with E-state index in [2.05, 4.69) is 10.6 Å². The zero-order valence-electron chi connectivity index (χ0n) is 15.2. The molecule has 2 aromatic carbocycles. The molecule has 2 rings (SSSR count). The number of esters is 1. The monoisotopic (exact) mass is 403 g/mol. The highest BCUT2D eigenvalue weighted by Gasteiger charge is 2.33. The van der Waals surface area contributed by atoms with Gasteiger partial charge >= 0.3 is 12.1 Å². The van der Waals surface area contributed by atoms with Crippen molar-refractivity contribution in [2.75, 3.05) is 17.2 Å². The largest absolute Gasteiger partial charge is 0.462 e. The molecule has 9 heteroatoms. The van der Waals surface area contributed by atoms with Gasteiger partial charge in [-0.25, -0.2) is 4.79 Å². The molecule has 0 heterocycles. The van der Waals surface area contributed by atoms with Crippen LogP contribution in [0.15, 0.2) is 60.3 Å². The first-order chi connectivity index (χ1) is 13.8. The number of amides is 1. The number of anilines is 2. The Morgan fingerprint density at radius 1 is 1.10 bits per heavy atom. The van der Waals surface area contributed by atoms with Gasteiger partial charge in [-0.15, -0.1) is 0 Å². The Kier molecular flexibility index (Phi) is 6.98. The van der Waals surface area contributed by atoms with Crippen molar-refractivity contribution in [3.8, 4) is 6.07 Å². The highest BCUT2D eigenvalue weighted by Crippen LogP contribution is 2.34. The van der Waals surface area contributed by atoms with Crippen LogP contribution in [0.5, 0.6) is 0 Å². The Labute approximate surface area is 164 Å². The lowest BCUT2D eigenvalue weighted by atomic mass is 10.1. The molecule has 0 aliphatic carbocycles. The second-order valence-corrected chi connectivity index (χ2v) is 5.58. The van der Waals surface area contributed by atoms with Crippen LogP contribution in [0, 0.1) is 11.3 Å². The van der Waals surface area contributed by atoms with Gasteiger partial charge in [-0.3, -0.25) is 4.79 Å². The zero-order valence-corrected chi connectivity index (χ0v) is 15.2. The number of hydrogen-bond donors (Lipinski definition) is 2. The van der Waals surface area contributed by atoms with E-state index < -0.39 is 29.2 Å². The third-order valence-corrected chi connectivity index (χ3v) is 3.64. The summed E-state index contributed by atoms with van der Waals surface area (Å²) in [5.74, 6) is -1.57. The molecule has 0 spiro atoms. The Morgan fingerprint density at radius 2 is 1.72 bits per heavy atom. The zero-order chi connectivity index (χ0) is 21.4. The van der Waals surface area contributed by atoms with Gasteiger partial charge in [0.15, 0.2) is 0 Å². The van der Waals surface area contributed by atoms with E-state index >= 15 is 0 Å². The van der Waals surface area contributed by atoms with E-state index in [1.807, 2.05) is 0 Å². The predicted molar refractivity (Wildman–Crippen MR) is 99.8 cm³/mol. The number of para-hydroxylation sites is 2. The summed E-state index contributed by atoms with van der Waals surface area (Å²) in [7, 11) is 0. The van der Waals surface area contributed by atoms with Crippen LogP contribution in [0.25, 0.3) is 0 Å². The number of nitrogens with zero attached hydrogens (tertiary/aromatic N) is 1. The summed E-state index contributed by atoms with van der Waals surface area (Å²) in [4.78, 5) is 24.3. The van der Waals surface area contributed by atoms with Gasteiger partial charge < -0.3 is 15.4 Å². The van der Waals surface area contributed by atoms with Gasteiger partial charge in [0.25, 0.3) is 5.91 Å². The van der Waals surface area contributed by atoms with E-state index in [1.165, 1.54) is 30.3 Å². The molecule has 0 unspecified atom stereocenters. The standard InChI is InChI=1S/C20H16F3N3O3/c1-2-29-19(28)14-7-3-5-9-16(14)26-18(27)13(11-24)12-25-17-10-6-4-8-15(17)20(21,22)23/h3-10,12,25H,2H2,1H3,(H,26,27)/b13-12-. The second kappa shape index (κ2) is 9.41. The number of hydrogen-bond acceptors (Lipinski definition) is 5. The molecule has 29 heavy (non-hydrogen) atoms.